The third kappa shape index (κ3) is 55.6. The first-order valence-electron chi connectivity index (χ1n) is 43.5. The smallest absolute Gasteiger partial charge is 0.679 e. The maximum atomic E-state index is 5.25. The van der Waals surface area contributed by atoms with Crippen molar-refractivity contribution in [3.63, 3.8) is 0 Å². The molecule has 0 aliphatic rings. The monoisotopic (exact) mass is 2420 g/mol. The molecule has 0 aliphatic carbocycles. The molecule has 0 fully saturated rings. The molecule has 145 heavy (non-hydrogen) atoms. The molecule has 780 valence electrons. The van der Waals surface area contributed by atoms with Gasteiger partial charge in [-0.1, -0.05) is 434 Å². The maximum Gasteiger partial charge on any atom is 4.00 e. The van der Waals surface area contributed by atoms with Crippen LogP contribution in [-0.4, -0.2) is 29.9 Å². The van der Waals surface area contributed by atoms with Crippen LogP contribution in [0.25, 0.3) is 42.7 Å². The first-order valence-corrected chi connectivity index (χ1v) is 43.5. The van der Waals surface area contributed by atoms with Gasteiger partial charge in [0.15, 0.2) is 0 Å². The number of nitrogens with zero attached hydrogens (tertiary/aromatic N) is 12. The molecule has 7 aromatic carbocycles. The number of hydrogen-bond acceptors (Lipinski definition) is 6. The van der Waals surface area contributed by atoms with E-state index in [2.05, 4.69) is 300 Å². The molecule has 0 bridgehead atoms. The van der Waals surface area contributed by atoms with Crippen molar-refractivity contribution in [1.82, 2.24) is 29.9 Å². The summed E-state index contributed by atoms with van der Waals surface area (Å²) in [6.07, 6.45) is 9.22. The Balaban J connectivity index is -0.0000000880. The zero-order chi connectivity index (χ0) is 88.0. The average Bonchev–Trinajstić information content (AvgIpc) is 0.780. The van der Waals surface area contributed by atoms with Crippen molar-refractivity contribution in [1.29, 1.82) is 0 Å². The minimum atomic E-state index is -0.390. The third-order valence-electron chi connectivity index (χ3n) is 21.2. The first-order chi connectivity index (χ1) is 57.7. The predicted octanol–water partition coefficient (Wildman–Crippen LogP) is 41.6. The van der Waals surface area contributed by atoms with Crippen LogP contribution in [0.1, 0.15) is 310 Å². The molecule has 0 saturated carbocycles. The van der Waals surface area contributed by atoms with Crippen molar-refractivity contribution in [2.75, 3.05) is 0 Å². The summed E-state index contributed by atoms with van der Waals surface area (Å²) in [6.45, 7) is 55.2. The van der Waals surface area contributed by atoms with E-state index in [-0.39, 0.29) is 314 Å². The SMILES string of the molecule is CC(C)([N-]c1ccccc1)c1ccccn1.CC(C)([N-]c1ccccc1)c1ccccn1.CC(C)c1cccc(C(C)C)c1[N-]C(C)(C)c1cc2ccccc2cn1.CC(C)c1cccc(C(C)C)c1[N-]C(C)c1ccccn1.CC(C)c1cccc(C(C)C)c1[N-]Cc1ccccn1.Cc1cccc(C(C)[N-]c2c(C(C)C)cccc2C(C)C)n1.[CH3-].[CH3-].[CH3-].[CH3-].[CH3-].[CH3-].[CH3-].[CH3-].[CH3-].[CH3-].[CH3-].[CH3-].[CH3-].[CH3-].[CH3-].[CH3-].[CH3-].[CH3-].[Zr+4].[Zr+4].[Zr+4].[Zr+4].[Zr+4].[Zr+4]. The van der Waals surface area contributed by atoms with E-state index in [1.54, 1.807) is 12.4 Å². The number of aryl methyl sites for hydroxylation is 1. The van der Waals surface area contributed by atoms with Crippen LogP contribution in [0.5, 0.6) is 0 Å². The zero-order valence-corrected chi connectivity index (χ0v) is 113. The van der Waals surface area contributed by atoms with E-state index in [9.17, 15) is 0 Å². The van der Waals surface area contributed by atoms with Gasteiger partial charge in [0.1, 0.15) is 0 Å². The summed E-state index contributed by atoms with van der Waals surface area (Å²) in [5.74, 6) is 3.72. The van der Waals surface area contributed by atoms with Gasteiger partial charge in [0.2, 0.25) is 0 Å². The van der Waals surface area contributed by atoms with Gasteiger partial charge in [-0.25, -0.2) is 0 Å². The van der Waals surface area contributed by atoms with Gasteiger partial charge in [-0.15, -0.1) is 34.1 Å². The Morgan fingerprint density at radius 1 is 0.241 bits per heavy atom. The normalized spacial score (nSPS) is 9.94. The quantitative estimate of drug-likeness (QED) is 0.0490. The Labute approximate surface area is 1010 Å². The second-order valence-corrected chi connectivity index (χ2v) is 35.1. The molecule has 6 aromatic heterocycles. The number of para-hydroxylation sites is 6. The summed E-state index contributed by atoms with van der Waals surface area (Å²) in [7, 11) is 0. The fourth-order valence-corrected chi connectivity index (χ4v) is 14.2. The fraction of sp³-hybridized carbons (Fsp3) is 0.307. The Hall–Kier alpha value is -6.20. The maximum absolute atomic E-state index is 5.25. The van der Waals surface area contributed by atoms with Crippen LogP contribution in [0.15, 0.2) is 286 Å². The predicted molar refractivity (Wildman–Crippen MR) is 632 cm³/mol. The van der Waals surface area contributed by atoms with Crippen LogP contribution in [0.2, 0.25) is 0 Å². The van der Waals surface area contributed by atoms with Gasteiger partial charge in [-0.2, -0.15) is 0 Å². The molecule has 2 atom stereocenters. The largest absolute Gasteiger partial charge is 4.00 e. The van der Waals surface area contributed by atoms with Crippen molar-refractivity contribution in [3.05, 3.63) is 536 Å². The van der Waals surface area contributed by atoms with Crippen LogP contribution in [0.3, 0.4) is 0 Å². The molecule has 2 unspecified atom stereocenters. The number of fused-ring (bicyclic) bond motifs is 1. The van der Waals surface area contributed by atoms with Crippen LogP contribution in [0.4, 0.5) is 34.1 Å². The van der Waals surface area contributed by atoms with Crippen LogP contribution in [0, 0.1) is 141 Å². The molecule has 0 saturated heterocycles. The summed E-state index contributed by atoms with van der Waals surface area (Å²) >= 11 is 0. The second-order valence-electron chi connectivity index (χ2n) is 35.1. The van der Waals surface area contributed by atoms with Gasteiger partial charge in [0, 0.05) is 76.2 Å². The van der Waals surface area contributed by atoms with E-state index < -0.39 is 5.54 Å². The number of rotatable bonds is 26. The van der Waals surface area contributed by atoms with Crippen LogP contribution >= 0.6 is 0 Å². The molecule has 0 spiro atoms. The van der Waals surface area contributed by atoms with E-state index in [1.165, 1.54) is 49.9 Å². The Kier molecular flexibility index (Phi) is 108. The topological polar surface area (TPSA) is 162 Å². The summed E-state index contributed by atoms with van der Waals surface area (Å²) in [6, 6.07) is 86.8. The van der Waals surface area contributed by atoms with E-state index >= 15 is 0 Å². The number of pyridine rings is 6. The minimum absolute atomic E-state index is 0. The van der Waals surface area contributed by atoms with Gasteiger partial charge in [-0.3, -0.25) is 29.9 Å². The van der Waals surface area contributed by atoms with Crippen molar-refractivity contribution in [2.24, 2.45) is 0 Å². The van der Waals surface area contributed by atoms with Crippen molar-refractivity contribution in [3.8, 4) is 0 Å². The molecule has 13 rings (SSSR count). The minimum Gasteiger partial charge on any atom is -0.679 e. The van der Waals surface area contributed by atoms with Crippen LogP contribution in [-0.2, 0) is 180 Å². The fourth-order valence-electron chi connectivity index (χ4n) is 14.2. The molecule has 18 heteroatoms. The van der Waals surface area contributed by atoms with E-state index in [1.807, 2.05) is 171 Å². The molecule has 0 N–H and O–H groups in total. The van der Waals surface area contributed by atoms with Crippen molar-refractivity contribution < 1.29 is 157 Å². The average molecular weight is 2430 g/mol. The number of benzene rings is 7. The summed E-state index contributed by atoms with van der Waals surface area (Å²) in [4.78, 5) is 26.8. The molecule has 12 nitrogen and oxygen atoms in total. The summed E-state index contributed by atoms with van der Waals surface area (Å²) < 4.78 is 0. The van der Waals surface area contributed by atoms with Gasteiger partial charge in [0.05, 0.1) is 0 Å². The molecule has 0 radical (unpaired) electrons. The van der Waals surface area contributed by atoms with E-state index in [4.69, 9.17) is 36.9 Å². The molecule has 0 amide bonds. The molecular weight excluding hydrogens is 2240 g/mol. The number of hydrogen-bond donors (Lipinski definition) is 0. The van der Waals surface area contributed by atoms with Gasteiger partial charge in [0.25, 0.3) is 0 Å². The Morgan fingerprint density at radius 2 is 0.517 bits per heavy atom. The number of aromatic nitrogens is 6. The molecule has 13 aromatic rings. The summed E-state index contributed by atoms with van der Waals surface area (Å²) in [5.41, 5.74) is 23.3. The van der Waals surface area contributed by atoms with Crippen LogP contribution < -0.4 is 0 Å². The molecular formula is C127H188N12Zr6. The van der Waals surface area contributed by atoms with Gasteiger partial charge >= 0.3 is 157 Å². The standard InChI is InChI=1S/C24H29N2.C20H27N2.C19H25N2.C18H23N2.2C14H15N2.18CH3.6Zr/c1-16(2)20-12-9-13-21(17(3)4)23(20)26-24(5,6)22-14-18-10-7-8-11-19(18)15-25-22;1-13(2)17-10-8-11-18(14(3)4)20(17)22-16(6)19-12-7-9-15(5)21-19;1-13(2)16-9-8-10-17(14(3)4)19(16)21-15(5)18-11-6-7-12-20-18;1-13(2)16-9-7-10-17(14(3)4)18(16)20-12-15-8-5-6-11-19-15;2*1-14(2,13-10-6-7-11-15-13)16-12-8-4-3-5-9-12;;;;;;;;;;;;;;;;;;;;;;;;/h7-17H,1-6H3;7-14,16H,1-6H3;6-15H,1-5H3;5-11,13-14H,12H2,1-4H3;2*3-11H,1-2H3;18*1H3;;;;;;/q24*-1;6*+4. The van der Waals surface area contributed by atoms with E-state index in [0.717, 1.165) is 79.4 Å². The third-order valence-corrected chi connectivity index (χ3v) is 21.2. The zero-order valence-electron chi connectivity index (χ0n) is 98.0. The summed E-state index contributed by atoms with van der Waals surface area (Å²) in [5, 5.41) is 31.9. The Bertz CT molecular complexity index is 5040. The van der Waals surface area contributed by atoms with Crippen molar-refractivity contribution in [2.45, 2.75) is 256 Å². The van der Waals surface area contributed by atoms with Gasteiger partial charge in [-0.05, 0) is 126 Å². The van der Waals surface area contributed by atoms with E-state index in [0.29, 0.717) is 53.9 Å². The van der Waals surface area contributed by atoms with Gasteiger partial charge < -0.3 is 166 Å². The second kappa shape index (κ2) is 88.4. The van der Waals surface area contributed by atoms with Crippen molar-refractivity contribution >= 4 is 44.9 Å². The first kappa shape index (κ1) is 178. The molecule has 6 heterocycles. The Morgan fingerprint density at radius 3 is 0.828 bits per heavy atom. The molecule has 0 aliphatic heterocycles.